The molecule has 1 aromatic heterocycles. The summed E-state index contributed by atoms with van der Waals surface area (Å²) in [6.07, 6.45) is 0.377. The molecule has 16 heavy (non-hydrogen) atoms. The molecule has 0 radical (unpaired) electrons. The van der Waals surface area contributed by atoms with Gasteiger partial charge in [0.25, 0.3) is 5.56 Å². The molecule has 7 heteroatoms. The summed E-state index contributed by atoms with van der Waals surface area (Å²) >= 11 is 0. The minimum absolute atomic E-state index is 0.0754. The lowest BCUT2D eigenvalue weighted by Gasteiger charge is -2.16. The molecular weight excluding hydrogens is 230 g/mol. The van der Waals surface area contributed by atoms with Crippen molar-refractivity contribution in [1.29, 1.82) is 0 Å². The molecule has 0 unspecified atom stereocenters. The average molecular weight is 243 g/mol. The largest absolute Gasteiger partial charge is 0.329 e. The van der Waals surface area contributed by atoms with Gasteiger partial charge in [0.1, 0.15) is 0 Å². The first-order valence-electron chi connectivity index (χ1n) is 5.02. The van der Waals surface area contributed by atoms with Gasteiger partial charge in [-0.1, -0.05) is 0 Å². The number of hydrogen-bond acceptors (Lipinski definition) is 5. The number of fused-ring (bicyclic) bond motifs is 1. The zero-order valence-electron chi connectivity index (χ0n) is 8.72. The molecule has 1 aromatic rings. The Bertz CT molecular complexity index is 562. The molecule has 2 heterocycles. The van der Waals surface area contributed by atoms with Crippen molar-refractivity contribution in [2.24, 2.45) is 5.73 Å². The van der Waals surface area contributed by atoms with Crippen LogP contribution in [-0.4, -0.2) is 30.5 Å². The van der Waals surface area contributed by atoms with Crippen molar-refractivity contribution in [2.75, 3.05) is 12.3 Å². The van der Waals surface area contributed by atoms with E-state index < -0.39 is 9.84 Å². The molecule has 0 bridgehead atoms. The Morgan fingerprint density at radius 2 is 2.25 bits per heavy atom. The fourth-order valence-corrected chi connectivity index (χ4v) is 3.12. The summed E-state index contributed by atoms with van der Waals surface area (Å²) < 4.78 is 24.0. The van der Waals surface area contributed by atoms with E-state index in [1.807, 2.05) is 0 Å². The highest BCUT2D eigenvalue weighted by Gasteiger charge is 2.23. The average Bonchev–Trinajstić information content (AvgIpc) is 2.19. The maximum Gasteiger partial charge on any atom is 0.267 e. The Kier molecular flexibility index (Phi) is 2.81. The highest BCUT2D eigenvalue weighted by atomic mass is 32.2. The molecule has 1 aliphatic rings. The van der Waals surface area contributed by atoms with Crippen LogP contribution in [0.15, 0.2) is 10.9 Å². The second kappa shape index (κ2) is 3.99. The zero-order valence-corrected chi connectivity index (χ0v) is 9.53. The summed E-state index contributed by atoms with van der Waals surface area (Å²) in [6.45, 7) is 0.697. The fourth-order valence-electron chi connectivity index (χ4n) is 1.75. The van der Waals surface area contributed by atoms with Gasteiger partial charge >= 0.3 is 0 Å². The highest BCUT2D eigenvalue weighted by molar-refractivity contribution is 7.90. The summed E-state index contributed by atoms with van der Waals surface area (Å²) in [7, 11) is -3.05. The van der Waals surface area contributed by atoms with E-state index in [2.05, 4.69) is 5.10 Å². The van der Waals surface area contributed by atoms with Crippen LogP contribution in [0.25, 0.3) is 0 Å². The Labute approximate surface area is 93.0 Å². The van der Waals surface area contributed by atoms with E-state index >= 15 is 0 Å². The molecule has 88 valence electrons. The van der Waals surface area contributed by atoms with E-state index in [0.29, 0.717) is 30.8 Å². The molecular formula is C9H13N3O3S. The lowest BCUT2D eigenvalue weighted by molar-refractivity contribution is 0.560. The van der Waals surface area contributed by atoms with Gasteiger partial charge in [-0.15, -0.1) is 0 Å². The minimum Gasteiger partial charge on any atom is -0.329 e. The van der Waals surface area contributed by atoms with Gasteiger partial charge in [-0.3, -0.25) is 4.79 Å². The van der Waals surface area contributed by atoms with E-state index in [9.17, 15) is 13.2 Å². The zero-order chi connectivity index (χ0) is 11.8. The van der Waals surface area contributed by atoms with Gasteiger partial charge in [-0.05, 0) is 5.56 Å². The van der Waals surface area contributed by atoms with Crippen LogP contribution in [-0.2, 0) is 28.6 Å². The third kappa shape index (κ3) is 2.14. The van der Waals surface area contributed by atoms with Crippen LogP contribution in [0.4, 0.5) is 0 Å². The van der Waals surface area contributed by atoms with E-state index in [1.165, 1.54) is 10.7 Å². The van der Waals surface area contributed by atoms with Crippen molar-refractivity contribution in [1.82, 2.24) is 9.78 Å². The maximum atomic E-state index is 11.5. The molecule has 1 aliphatic heterocycles. The van der Waals surface area contributed by atoms with Crippen LogP contribution in [0.1, 0.15) is 11.3 Å². The molecule has 2 rings (SSSR count). The maximum absolute atomic E-state index is 11.5. The lowest BCUT2D eigenvalue weighted by atomic mass is 10.2. The Hall–Kier alpha value is -1.21. The highest BCUT2D eigenvalue weighted by Crippen LogP contribution is 2.16. The topological polar surface area (TPSA) is 95.1 Å². The fraction of sp³-hybridized carbons (Fsp3) is 0.556. The van der Waals surface area contributed by atoms with Gasteiger partial charge in [0.2, 0.25) is 0 Å². The van der Waals surface area contributed by atoms with Gasteiger partial charge in [-0.25, -0.2) is 13.1 Å². The third-order valence-electron chi connectivity index (χ3n) is 2.53. The number of nitrogens with two attached hydrogens (primary N) is 1. The summed E-state index contributed by atoms with van der Waals surface area (Å²) in [5, 5.41) is 4.13. The molecule has 0 spiro atoms. The molecule has 0 aliphatic carbocycles. The van der Waals surface area contributed by atoms with Gasteiger partial charge in [-0.2, -0.15) is 5.10 Å². The van der Waals surface area contributed by atoms with Crippen molar-refractivity contribution in [3.8, 4) is 0 Å². The van der Waals surface area contributed by atoms with Crippen molar-refractivity contribution in [2.45, 2.75) is 18.7 Å². The van der Waals surface area contributed by atoms with Gasteiger partial charge in [0.05, 0.1) is 23.7 Å². The van der Waals surface area contributed by atoms with E-state index in [-0.39, 0.29) is 17.1 Å². The van der Waals surface area contributed by atoms with Crippen LogP contribution in [0.2, 0.25) is 0 Å². The molecule has 0 aromatic carbocycles. The van der Waals surface area contributed by atoms with Gasteiger partial charge < -0.3 is 5.73 Å². The number of aryl methyl sites for hydroxylation is 1. The van der Waals surface area contributed by atoms with Crippen LogP contribution >= 0.6 is 0 Å². The van der Waals surface area contributed by atoms with Crippen molar-refractivity contribution in [3.05, 3.63) is 27.7 Å². The Morgan fingerprint density at radius 3 is 2.94 bits per heavy atom. The standard InChI is InChI=1S/C9H13N3O3S/c10-2-3-12-9(13)5-7-6-16(14,15)4-1-8(7)11-12/h5H,1-4,6,10H2. The van der Waals surface area contributed by atoms with E-state index in [1.54, 1.807) is 0 Å². The van der Waals surface area contributed by atoms with E-state index in [4.69, 9.17) is 5.73 Å². The smallest absolute Gasteiger partial charge is 0.267 e. The second-order valence-corrected chi connectivity index (χ2v) is 5.99. The molecule has 0 saturated heterocycles. The minimum atomic E-state index is -3.05. The molecule has 6 nitrogen and oxygen atoms in total. The predicted octanol–water partition coefficient (Wildman–Crippen LogP) is -1.33. The van der Waals surface area contributed by atoms with Crippen LogP contribution in [0.5, 0.6) is 0 Å². The molecule has 0 atom stereocenters. The third-order valence-corrected chi connectivity index (χ3v) is 4.11. The number of hydrogen-bond donors (Lipinski definition) is 1. The number of rotatable bonds is 2. The predicted molar refractivity (Wildman–Crippen MR) is 58.7 cm³/mol. The van der Waals surface area contributed by atoms with Crippen LogP contribution in [0.3, 0.4) is 0 Å². The number of aromatic nitrogens is 2. The molecule has 0 saturated carbocycles. The Balaban J connectivity index is 2.46. The van der Waals surface area contributed by atoms with Crippen molar-refractivity contribution < 1.29 is 8.42 Å². The van der Waals surface area contributed by atoms with Crippen molar-refractivity contribution >= 4 is 9.84 Å². The normalized spacial score (nSPS) is 18.1. The van der Waals surface area contributed by atoms with Crippen molar-refractivity contribution in [3.63, 3.8) is 0 Å². The number of sulfone groups is 1. The summed E-state index contributed by atoms with van der Waals surface area (Å²) in [5.41, 5.74) is 6.29. The SMILES string of the molecule is NCCn1nc2c(cc1=O)CS(=O)(=O)CC2. The van der Waals surface area contributed by atoms with E-state index in [0.717, 1.165) is 0 Å². The van der Waals surface area contributed by atoms with Gasteiger partial charge in [0.15, 0.2) is 9.84 Å². The second-order valence-electron chi connectivity index (χ2n) is 3.81. The van der Waals surface area contributed by atoms with Crippen LogP contribution in [0, 0.1) is 0 Å². The summed E-state index contributed by atoms with van der Waals surface area (Å²) in [5.74, 6) is 0.0296. The monoisotopic (exact) mass is 243 g/mol. The first-order chi connectivity index (χ1) is 7.52. The number of nitrogens with zero attached hydrogens (tertiary/aromatic N) is 2. The molecule has 0 fully saturated rings. The first kappa shape index (κ1) is 11.3. The first-order valence-corrected chi connectivity index (χ1v) is 6.84. The quantitative estimate of drug-likeness (QED) is 0.694. The van der Waals surface area contributed by atoms with Gasteiger partial charge in [0, 0.05) is 19.0 Å². The lowest BCUT2D eigenvalue weighted by Crippen LogP contribution is -2.31. The van der Waals surface area contributed by atoms with Crippen LogP contribution < -0.4 is 11.3 Å². The Morgan fingerprint density at radius 1 is 1.50 bits per heavy atom. The summed E-state index contributed by atoms with van der Waals surface area (Å²) in [4.78, 5) is 11.5. The molecule has 2 N–H and O–H groups in total. The molecule has 0 amide bonds. The summed E-state index contributed by atoms with van der Waals surface area (Å²) in [6, 6.07) is 1.36.